The molecular formula is C30H41N5O7. The van der Waals surface area contributed by atoms with E-state index >= 15 is 0 Å². The van der Waals surface area contributed by atoms with E-state index in [0.29, 0.717) is 18.4 Å². The number of aliphatic hydroxyl groups excluding tert-OH is 1. The van der Waals surface area contributed by atoms with Crippen LogP contribution in [0.2, 0.25) is 0 Å². The summed E-state index contributed by atoms with van der Waals surface area (Å²) in [6.45, 7) is 9.13. The van der Waals surface area contributed by atoms with Gasteiger partial charge in [0.15, 0.2) is 17.9 Å². The van der Waals surface area contributed by atoms with Crippen LogP contribution in [0.5, 0.6) is 6.01 Å². The summed E-state index contributed by atoms with van der Waals surface area (Å²) in [7, 11) is 0. The maximum atomic E-state index is 9.96. The average molecular weight is 584 g/mol. The Bertz CT molecular complexity index is 1290. The molecule has 2 N–H and O–H groups in total. The summed E-state index contributed by atoms with van der Waals surface area (Å²) < 4.78 is 37.2. The Kier molecular flexibility index (Phi) is 7.27. The van der Waals surface area contributed by atoms with E-state index in [1.54, 1.807) is 0 Å². The van der Waals surface area contributed by atoms with Gasteiger partial charge in [0, 0.05) is 19.1 Å². The van der Waals surface area contributed by atoms with Crippen LogP contribution < -0.4 is 15.0 Å². The van der Waals surface area contributed by atoms with Crippen LogP contribution in [0, 0.1) is 0 Å². The average Bonchev–Trinajstić information content (AvgIpc) is 3.46. The molecule has 1 aromatic carbocycles. The molecule has 42 heavy (non-hydrogen) atoms. The number of anilines is 2. The highest BCUT2D eigenvalue weighted by atomic mass is 16.9. The predicted octanol–water partition coefficient (Wildman–Crippen LogP) is 2.92. The van der Waals surface area contributed by atoms with Gasteiger partial charge in [0.05, 0.1) is 6.10 Å². The molecule has 5 heterocycles. The minimum Gasteiger partial charge on any atom is -0.460 e. The van der Waals surface area contributed by atoms with Gasteiger partial charge in [0.2, 0.25) is 11.9 Å². The van der Waals surface area contributed by atoms with Gasteiger partial charge in [-0.05, 0) is 70.9 Å². The summed E-state index contributed by atoms with van der Waals surface area (Å²) >= 11 is 0. The maximum Gasteiger partial charge on any atom is 0.323 e. The number of nitrogens with one attached hydrogen (secondary N) is 1. The Morgan fingerprint density at radius 1 is 0.905 bits per heavy atom. The highest BCUT2D eigenvalue weighted by Crippen LogP contribution is 2.44. The topological polar surface area (TPSA) is 130 Å². The highest BCUT2D eigenvalue weighted by Gasteiger charge is 2.60. The first kappa shape index (κ1) is 28.2. The van der Waals surface area contributed by atoms with Gasteiger partial charge in [0.25, 0.3) is 0 Å². The summed E-state index contributed by atoms with van der Waals surface area (Å²) in [4.78, 5) is 16.4. The van der Waals surface area contributed by atoms with E-state index in [1.807, 2.05) is 27.7 Å². The van der Waals surface area contributed by atoms with Gasteiger partial charge in [-0.25, -0.2) is 0 Å². The molecule has 12 heteroatoms. The summed E-state index contributed by atoms with van der Waals surface area (Å²) in [5.74, 6) is -0.561. The van der Waals surface area contributed by atoms with Crippen molar-refractivity contribution in [1.82, 2.24) is 15.0 Å². The second-order valence-corrected chi connectivity index (χ2v) is 12.9. The van der Waals surface area contributed by atoms with E-state index in [-0.39, 0.29) is 30.9 Å². The molecule has 1 aromatic heterocycles. The first-order valence-corrected chi connectivity index (χ1v) is 15.1. The standard InChI is InChI=1S/C30H41N5O7/c1-29(2)39-22-21(38-25-24(23(22)40-29)41-30(3,4)42-25)16-37-28-33-26(31-19-9-11-20(36)12-10-19)32-27(34-28)35-14-13-17-7-5-6-8-18(17)15-35/h5-8,19-25,36H,9-16H2,1-4H3,(H,31,32,33,34)/t19?,20?,21-,22+,23+,24-,25-/m1/s1. The van der Waals surface area contributed by atoms with Crippen molar-refractivity contribution < 1.29 is 33.5 Å². The monoisotopic (exact) mass is 583 g/mol. The lowest BCUT2D eigenvalue weighted by Gasteiger charge is -2.36. The molecule has 0 radical (unpaired) electrons. The van der Waals surface area contributed by atoms with Crippen LogP contribution in [-0.2, 0) is 36.6 Å². The molecule has 0 spiro atoms. The zero-order valence-electron chi connectivity index (χ0n) is 24.7. The summed E-state index contributed by atoms with van der Waals surface area (Å²) in [5.41, 5.74) is 2.62. The van der Waals surface area contributed by atoms with Gasteiger partial charge in [-0.1, -0.05) is 24.3 Å². The van der Waals surface area contributed by atoms with Gasteiger partial charge >= 0.3 is 6.01 Å². The fourth-order valence-electron chi connectivity index (χ4n) is 6.67. The Morgan fingerprint density at radius 3 is 2.43 bits per heavy atom. The Morgan fingerprint density at radius 2 is 1.62 bits per heavy atom. The highest BCUT2D eigenvalue weighted by molar-refractivity contribution is 5.43. The number of aliphatic hydroxyl groups is 1. The molecular weight excluding hydrogens is 542 g/mol. The van der Waals surface area contributed by atoms with Crippen molar-refractivity contribution in [3.8, 4) is 6.01 Å². The molecule has 4 fully saturated rings. The van der Waals surface area contributed by atoms with Crippen molar-refractivity contribution in [3.63, 3.8) is 0 Å². The largest absolute Gasteiger partial charge is 0.460 e. The van der Waals surface area contributed by atoms with E-state index in [1.165, 1.54) is 11.1 Å². The van der Waals surface area contributed by atoms with Crippen LogP contribution in [0.3, 0.4) is 0 Å². The first-order chi connectivity index (χ1) is 20.1. The molecule has 5 atom stereocenters. The van der Waals surface area contributed by atoms with E-state index in [2.05, 4.69) is 39.5 Å². The van der Waals surface area contributed by atoms with E-state index in [9.17, 15) is 5.11 Å². The number of nitrogens with zero attached hydrogens (tertiary/aromatic N) is 4. The quantitative estimate of drug-likeness (QED) is 0.519. The Labute approximate surface area is 246 Å². The van der Waals surface area contributed by atoms with E-state index < -0.39 is 36.2 Å². The molecule has 5 aliphatic rings. The van der Waals surface area contributed by atoms with Crippen LogP contribution in [0.4, 0.5) is 11.9 Å². The van der Waals surface area contributed by atoms with Crippen LogP contribution >= 0.6 is 0 Å². The molecule has 1 saturated carbocycles. The van der Waals surface area contributed by atoms with Gasteiger partial charge in [-0.15, -0.1) is 0 Å². The molecule has 7 rings (SSSR count). The molecule has 2 aromatic rings. The van der Waals surface area contributed by atoms with Crippen molar-refractivity contribution in [1.29, 1.82) is 0 Å². The van der Waals surface area contributed by atoms with Crippen molar-refractivity contribution in [2.24, 2.45) is 0 Å². The number of fused-ring (bicyclic) bond motifs is 4. The molecule has 0 unspecified atom stereocenters. The fraction of sp³-hybridized carbons (Fsp3) is 0.700. The second-order valence-electron chi connectivity index (χ2n) is 12.9. The zero-order chi connectivity index (χ0) is 29.1. The second kappa shape index (κ2) is 10.8. The van der Waals surface area contributed by atoms with Crippen LogP contribution in [0.15, 0.2) is 24.3 Å². The number of ether oxygens (including phenoxy) is 6. The van der Waals surface area contributed by atoms with Gasteiger partial charge in [0.1, 0.15) is 31.0 Å². The molecule has 228 valence electrons. The van der Waals surface area contributed by atoms with Crippen LogP contribution in [0.1, 0.15) is 64.5 Å². The number of hydrogen-bond donors (Lipinski definition) is 2. The third-order valence-electron chi connectivity index (χ3n) is 8.67. The predicted molar refractivity (Wildman–Crippen MR) is 151 cm³/mol. The number of rotatable bonds is 6. The smallest absolute Gasteiger partial charge is 0.323 e. The van der Waals surface area contributed by atoms with Crippen molar-refractivity contribution in [2.45, 2.75) is 121 Å². The van der Waals surface area contributed by atoms with Crippen molar-refractivity contribution in [3.05, 3.63) is 35.4 Å². The molecule has 0 amide bonds. The molecule has 12 nitrogen and oxygen atoms in total. The molecule has 4 aliphatic heterocycles. The van der Waals surface area contributed by atoms with Gasteiger partial charge in [-0.3, -0.25) is 0 Å². The minimum absolute atomic E-state index is 0.134. The van der Waals surface area contributed by atoms with Crippen LogP contribution in [0.25, 0.3) is 0 Å². The van der Waals surface area contributed by atoms with Crippen molar-refractivity contribution >= 4 is 11.9 Å². The lowest BCUT2D eigenvalue weighted by atomic mass is 9.93. The lowest BCUT2D eigenvalue weighted by Crippen LogP contribution is -2.56. The van der Waals surface area contributed by atoms with Gasteiger partial charge in [-0.2, -0.15) is 15.0 Å². The van der Waals surface area contributed by atoms with Crippen molar-refractivity contribution in [2.75, 3.05) is 23.4 Å². The van der Waals surface area contributed by atoms with E-state index in [0.717, 1.165) is 38.6 Å². The molecule has 3 saturated heterocycles. The zero-order valence-corrected chi connectivity index (χ0v) is 24.7. The Hall–Kier alpha value is -2.61. The minimum atomic E-state index is -0.794. The SMILES string of the molecule is CC1(C)O[C@H]2[C@@H](O1)[C@@H](COc1nc(NC3CCC(O)CC3)nc(N3CCc4ccccc4C3)n1)O[C@@H]1OC(C)(C)O[C@@H]12. The fourth-order valence-corrected chi connectivity index (χ4v) is 6.67. The van der Waals surface area contributed by atoms with Crippen LogP contribution in [-0.4, -0.2) is 87.6 Å². The summed E-state index contributed by atoms with van der Waals surface area (Å²) in [6, 6.07) is 8.85. The number of aromatic nitrogens is 3. The third-order valence-corrected chi connectivity index (χ3v) is 8.67. The summed E-state index contributed by atoms with van der Waals surface area (Å²) in [6.07, 6.45) is 1.61. The molecule has 1 aliphatic carbocycles. The number of hydrogen-bond acceptors (Lipinski definition) is 12. The Balaban J connectivity index is 1.12. The normalized spacial score (nSPS) is 34.8. The third kappa shape index (κ3) is 5.80. The van der Waals surface area contributed by atoms with E-state index in [4.69, 9.17) is 38.4 Å². The molecule has 0 bridgehead atoms. The first-order valence-electron chi connectivity index (χ1n) is 15.1. The number of benzene rings is 1. The lowest BCUT2D eigenvalue weighted by molar-refractivity contribution is -0.238. The summed E-state index contributed by atoms with van der Waals surface area (Å²) in [5, 5.41) is 13.4. The maximum absolute atomic E-state index is 9.96. The van der Waals surface area contributed by atoms with Gasteiger partial charge < -0.3 is 43.7 Å².